The second-order valence-corrected chi connectivity index (χ2v) is 8.71. The van der Waals surface area contributed by atoms with E-state index in [2.05, 4.69) is 6.08 Å². The van der Waals surface area contributed by atoms with Gasteiger partial charge in [0.2, 0.25) is 0 Å². The Hall–Kier alpha value is -4.32. The van der Waals surface area contributed by atoms with Gasteiger partial charge in [0, 0.05) is 24.0 Å². The number of hydrogen-bond donors (Lipinski definition) is 1. The Morgan fingerprint density at radius 2 is 1.66 bits per heavy atom. The van der Waals surface area contributed by atoms with E-state index in [4.69, 9.17) is 14.5 Å². The zero-order valence-electron chi connectivity index (χ0n) is 19.1. The van der Waals surface area contributed by atoms with Gasteiger partial charge in [-0.2, -0.15) is 0 Å². The lowest BCUT2D eigenvalue weighted by Gasteiger charge is -2.27. The molecule has 6 heteroatoms. The van der Waals surface area contributed by atoms with E-state index in [1.807, 2.05) is 65.6 Å². The standard InChI is InChI=1S/C29H24N2O4/c32-22-8-5-19(6-9-22)20-11-13-31(14-12-20)29(33)24-18-26(30-25-4-2-1-3-23(24)25)21-7-10-27-28(17-21)35-16-15-34-27/h1-11,17-18,32H,12-16H2. The molecule has 4 aromatic rings. The number of carbonyl (C=O) groups excluding carboxylic acids is 1. The quantitative estimate of drug-likeness (QED) is 0.445. The van der Waals surface area contributed by atoms with E-state index in [1.54, 1.807) is 12.1 Å². The molecule has 2 aliphatic heterocycles. The molecule has 0 saturated carbocycles. The number of amides is 1. The monoisotopic (exact) mass is 464 g/mol. The minimum Gasteiger partial charge on any atom is -0.508 e. The van der Waals surface area contributed by atoms with Crippen molar-refractivity contribution in [3.05, 3.63) is 90.0 Å². The van der Waals surface area contributed by atoms with Gasteiger partial charge in [0.15, 0.2) is 11.5 Å². The van der Waals surface area contributed by atoms with E-state index < -0.39 is 0 Å². The minimum absolute atomic E-state index is 0.0107. The van der Waals surface area contributed by atoms with E-state index in [1.165, 1.54) is 5.57 Å². The van der Waals surface area contributed by atoms with Crippen LogP contribution in [0.3, 0.4) is 0 Å². The number of carbonyl (C=O) groups is 1. The molecule has 0 atom stereocenters. The maximum atomic E-state index is 13.7. The van der Waals surface area contributed by atoms with Crippen LogP contribution in [0.4, 0.5) is 0 Å². The smallest absolute Gasteiger partial charge is 0.254 e. The summed E-state index contributed by atoms with van der Waals surface area (Å²) < 4.78 is 11.4. The van der Waals surface area contributed by atoms with Gasteiger partial charge < -0.3 is 19.5 Å². The molecule has 0 spiro atoms. The predicted molar refractivity (Wildman–Crippen MR) is 135 cm³/mol. The molecular weight excluding hydrogens is 440 g/mol. The highest BCUT2D eigenvalue weighted by Crippen LogP contribution is 2.35. The van der Waals surface area contributed by atoms with Crippen LogP contribution in [0.15, 0.2) is 78.9 Å². The van der Waals surface area contributed by atoms with Gasteiger partial charge in [-0.1, -0.05) is 36.4 Å². The number of aromatic hydroxyl groups is 1. The summed E-state index contributed by atoms with van der Waals surface area (Å²) in [6, 6.07) is 22.6. The molecule has 2 aliphatic rings. The number of para-hydroxylation sites is 1. The molecule has 0 saturated heterocycles. The molecule has 3 aromatic carbocycles. The third-order valence-electron chi connectivity index (χ3n) is 6.52. The van der Waals surface area contributed by atoms with Crippen LogP contribution in [-0.2, 0) is 0 Å². The minimum atomic E-state index is -0.0107. The first-order valence-electron chi connectivity index (χ1n) is 11.7. The topological polar surface area (TPSA) is 71.9 Å². The number of nitrogens with zero attached hydrogens (tertiary/aromatic N) is 2. The third kappa shape index (κ3) is 4.08. The summed E-state index contributed by atoms with van der Waals surface area (Å²) in [4.78, 5) is 20.4. The number of phenols is 1. The summed E-state index contributed by atoms with van der Waals surface area (Å²) >= 11 is 0. The average Bonchev–Trinajstić information content (AvgIpc) is 2.92. The van der Waals surface area contributed by atoms with Gasteiger partial charge in [-0.25, -0.2) is 4.98 Å². The van der Waals surface area contributed by atoms with Gasteiger partial charge in [-0.15, -0.1) is 0 Å². The summed E-state index contributed by atoms with van der Waals surface area (Å²) in [6.07, 6.45) is 2.85. The zero-order chi connectivity index (χ0) is 23.8. The van der Waals surface area contributed by atoms with Crippen molar-refractivity contribution in [2.75, 3.05) is 26.3 Å². The van der Waals surface area contributed by atoms with E-state index in [9.17, 15) is 9.90 Å². The van der Waals surface area contributed by atoms with Gasteiger partial charge in [-0.3, -0.25) is 4.79 Å². The molecule has 1 amide bonds. The summed E-state index contributed by atoms with van der Waals surface area (Å²) in [5, 5.41) is 10.4. The SMILES string of the molecule is O=C(c1cc(-c2ccc3c(c2)OCCO3)nc2ccccc12)N1CC=C(c2ccc(O)cc2)CC1. The Labute approximate surface area is 203 Å². The fourth-order valence-electron chi connectivity index (χ4n) is 4.66. The van der Waals surface area contributed by atoms with Crippen molar-refractivity contribution < 1.29 is 19.4 Å². The van der Waals surface area contributed by atoms with Crippen molar-refractivity contribution in [3.8, 4) is 28.5 Å². The van der Waals surface area contributed by atoms with Gasteiger partial charge in [-0.05, 0) is 60.0 Å². The molecule has 0 aliphatic carbocycles. The first-order chi connectivity index (χ1) is 17.2. The van der Waals surface area contributed by atoms with Crippen LogP contribution in [0.5, 0.6) is 17.2 Å². The lowest BCUT2D eigenvalue weighted by atomic mass is 9.98. The van der Waals surface area contributed by atoms with Crippen molar-refractivity contribution in [2.45, 2.75) is 6.42 Å². The summed E-state index contributed by atoms with van der Waals surface area (Å²) in [7, 11) is 0. The van der Waals surface area contributed by atoms with Crippen molar-refractivity contribution in [3.63, 3.8) is 0 Å². The van der Waals surface area contributed by atoms with E-state index >= 15 is 0 Å². The molecule has 0 bridgehead atoms. The normalized spacial score (nSPS) is 15.1. The van der Waals surface area contributed by atoms with Crippen LogP contribution in [0.25, 0.3) is 27.7 Å². The molecule has 3 heterocycles. The molecule has 35 heavy (non-hydrogen) atoms. The number of phenolic OH excluding ortho intramolecular Hbond substituents is 1. The van der Waals surface area contributed by atoms with Gasteiger partial charge in [0.1, 0.15) is 19.0 Å². The number of rotatable bonds is 3. The van der Waals surface area contributed by atoms with Crippen LogP contribution in [0.2, 0.25) is 0 Å². The Bertz CT molecular complexity index is 1460. The number of benzene rings is 3. The predicted octanol–water partition coefficient (Wildman–Crippen LogP) is 5.31. The number of fused-ring (bicyclic) bond motifs is 2. The first-order valence-corrected chi connectivity index (χ1v) is 11.7. The molecule has 6 rings (SSSR count). The van der Waals surface area contributed by atoms with Crippen molar-refractivity contribution in [1.29, 1.82) is 0 Å². The lowest BCUT2D eigenvalue weighted by Crippen LogP contribution is -2.34. The molecule has 0 fully saturated rings. The van der Waals surface area contributed by atoms with Crippen LogP contribution >= 0.6 is 0 Å². The fraction of sp³-hybridized carbons (Fsp3) is 0.172. The van der Waals surface area contributed by atoms with Crippen LogP contribution in [0, 0.1) is 0 Å². The molecular formula is C29H24N2O4. The van der Waals surface area contributed by atoms with Crippen molar-refractivity contribution >= 4 is 22.4 Å². The number of ether oxygens (including phenoxy) is 2. The first kappa shape index (κ1) is 21.2. The Kier molecular flexibility index (Phi) is 5.34. The third-order valence-corrected chi connectivity index (χ3v) is 6.52. The highest BCUT2D eigenvalue weighted by molar-refractivity contribution is 6.07. The van der Waals surface area contributed by atoms with Crippen LogP contribution in [-0.4, -0.2) is 47.2 Å². The van der Waals surface area contributed by atoms with Gasteiger partial charge >= 0.3 is 0 Å². The Morgan fingerprint density at radius 3 is 2.46 bits per heavy atom. The number of hydrogen-bond acceptors (Lipinski definition) is 5. The van der Waals surface area contributed by atoms with Gasteiger partial charge in [0.05, 0.1) is 16.8 Å². The van der Waals surface area contributed by atoms with E-state index in [0.29, 0.717) is 37.6 Å². The fourth-order valence-corrected chi connectivity index (χ4v) is 4.66. The molecule has 174 valence electrons. The van der Waals surface area contributed by atoms with Gasteiger partial charge in [0.25, 0.3) is 5.91 Å². The largest absolute Gasteiger partial charge is 0.508 e. The molecule has 0 unspecified atom stereocenters. The number of pyridine rings is 1. The lowest BCUT2D eigenvalue weighted by molar-refractivity contribution is 0.0775. The van der Waals surface area contributed by atoms with Crippen LogP contribution < -0.4 is 9.47 Å². The van der Waals surface area contributed by atoms with Crippen molar-refractivity contribution in [1.82, 2.24) is 9.88 Å². The maximum Gasteiger partial charge on any atom is 0.254 e. The summed E-state index contributed by atoms with van der Waals surface area (Å²) in [5.74, 6) is 1.66. The Balaban J connectivity index is 1.34. The van der Waals surface area contributed by atoms with E-state index in [0.717, 1.165) is 39.9 Å². The van der Waals surface area contributed by atoms with Crippen molar-refractivity contribution in [2.24, 2.45) is 0 Å². The average molecular weight is 465 g/mol. The second-order valence-electron chi connectivity index (χ2n) is 8.71. The van der Waals surface area contributed by atoms with Crippen LogP contribution in [0.1, 0.15) is 22.3 Å². The number of aromatic nitrogens is 1. The second kappa shape index (κ2) is 8.80. The maximum absolute atomic E-state index is 13.7. The zero-order valence-corrected chi connectivity index (χ0v) is 19.1. The Morgan fingerprint density at radius 1 is 0.886 bits per heavy atom. The molecule has 1 aromatic heterocycles. The molecule has 1 N–H and O–H groups in total. The highest BCUT2D eigenvalue weighted by Gasteiger charge is 2.23. The summed E-state index contributed by atoms with van der Waals surface area (Å²) in [6.45, 7) is 2.21. The molecule has 6 nitrogen and oxygen atoms in total. The van der Waals surface area contributed by atoms with E-state index in [-0.39, 0.29) is 11.7 Å². The summed E-state index contributed by atoms with van der Waals surface area (Å²) in [5.41, 5.74) is 5.28. The molecule has 0 radical (unpaired) electrons. The highest BCUT2D eigenvalue weighted by atomic mass is 16.6.